The molecule has 0 spiro atoms. The minimum atomic E-state index is -1.54. The second kappa shape index (κ2) is 6.92. The third-order valence-corrected chi connectivity index (χ3v) is 10.7. The second-order valence-corrected chi connectivity index (χ2v) is 9.56. The van der Waals surface area contributed by atoms with Crippen LogP contribution >= 0.6 is 5.96 Å². The average molecular weight is 320 g/mol. The van der Waals surface area contributed by atoms with E-state index in [1.165, 1.54) is 0 Å². The van der Waals surface area contributed by atoms with E-state index in [-0.39, 0.29) is 0 Å². The van der Waals surface area contributed by atoms with Gasteiger partial charge in [-0.1, -0.05) is 0 Å². The molecule has 0 saturated heterocycles. The van der Waals surface area contributed by atoms with Crippen molar-refractivity contribution in [1.82, 2.24) is 13.7 Å². The molecule has 0 aliphatic carbocycles. The summed E-state index contributed by atoms with van der Waals surface area (Å²) in [7, 11) is 0. The van der Waals surface area contributed by atoms with E-state index in [9.17, 15) is 0 Å². The standard InChI is InChI=1S/C12H24N3PSe/c1-5-13(6-2)16(17,14(7-3)8-4)15-11-9-10-12-15/h9-12H,5-8H2,1-4H3. The van der Waals surface area contributed by atoms with Crippen molar-refractivity contribution in [3.05, 3.63) is 24.5 Å². The molecule has 0 atom stereocenters. The normalized spacial score (nSPS) is 12.6. The summed E-state index contributed by atoms with van der Waals surface area (Å²) in [6.07, 6.45) is 4.36. The van der Waals surface area contributed by atoms with Crippen LogP contribution in [-0.2, 0) is 0 Å². The third-order valence-electron chi connectivity index (χ3n) is 3.09. The first-order valence-electron chi connectivity index (χ1n) is 6.39. The van der Waals surface area contributed by atoms with E-state index in [0.29, 0.717) is 0 Å². The van der Waals surface area contributed by atoms with E-state index in [2.05, 4.69) is 81.0 Å². The van der Waals surface area contributed by atoms with Crippen LogP contribution in [0.5, 0.6) is 0 Å². The Hall–Kier alpha value is 0.149. The molecule has 98 valence electrons. The maximum atomic E-state index is 3.52. The van der Waals surface area contributed by atoms with Crippen molar-refractivity contribution in [3.63, 3.8) is 0 Å². The van der Waals surface area contributed by atoms with E-state index < -0.39 is 5.96 Å². The summed E-state index contributed by atoms with van der Waals surface area (Å²) >= 11 is 3.52. The zero-order chi connectivity index (χ0) is 12.9. The number of hydrogen-bond acceptors (Lipinski definition) is 2. The van der Waals surface area contributed by atoms with Gasteiger partial charge in [0.2, 0.25) is 0 Å². The molecule has 0 amide bonds. The van der Waals surface area contributed by atoms with Gasteiger partial charge in [-0.05, 0) is 0 Å². The molecule has 1 heterocycles. The van der Waals surface area contributed by atoms with Crippen molar-refractivity contribution in [2.24, 2.45) is 0 Å². The van der Waals surface area contributed by atoms with Gasteiger partial charge in [-0.2, -0.15) is 0 Å². The second-order valence-electron chi connectivity index (χ2n) is 3.85. The van der Waals surface area contributed by atoms with Crippen molar-refractivity contribution >= 4 is 21.1 Å². The van der Waals surface area contributed by atoms with Gasteiger partial charge in [0.05, 0.1) is 0 Å². The number of hydrogen-bond donors (Lipinski definition) is 0. The van der Waals surface area contributed by atoms with Gasteiger partial charge in [0, 0.05) is 0 Å². The molecule has 1 aromatic heterocycles. The molecule has 0 unspecified atom stereocenters. The Balaban J connectivity index is 3.21. The van der Waals surface area contributed by atoms with Crippen LogP contribution in [0, 0.1) is 0 Å². The van der Waals surface area contributed by atoms with Gasteiger partial charge < -0.3 is 0 Å². The molecule has 0 aliphatic heterocycles. The Morgan fingerprint density at radius 1 is 0.882 bits per heavy atom. The number of nitrogens with zero attached hydrogens (tertiary/aromatic N) is 3. The molecule has 0 saturated carbocycles. The molecule has 0 bridgehead atoms. The first-order valence-corrected chi connectivity index (χ1v) is 10.3. The molecule has 1 rings (SSSR count). The molecule has 3 nitrogen and oxygen atoms in total. The first-order chi connectivity index (χ1) is 8.14. The summed E-state index contributed by atoms with van der Waals surface area (Å²) in [4.78, 5) is 0. The van der Waals surface area contributed by atoms with Gasteiger partial charge in [0.1, 0.15) is 0 Å². The van der Waals surface area contributed by atoms with Crippen molar-refractivity contribution < 1.29 is 0 Å². The van der Waals surface area contributed by atoms with Gasteiger partial charge >= 0.3 is 113 Å². The van der Waals surface area contributed by atoms with Crippen LogP contribution in [0.2, 0.25) is 0 Å². The van der Waals surface area contributed by atoms with Crippen LogP contribution in [0.15, 0.2) is 24.5 Å². The third kappa shape index (κ3) is 2.94. The van der Waals surface area contributed by atoms with Gasteiger partial charge in [0.15, 0.2) is 0 Å². The van der Waals surface area contributed by atoms with Gasteiger partial charge in [-0.25, -0.2) is 0 Å². The van der Waals surface area contributed by atoms with Crippen LogP contribution in [-0.4, -0.2) is 55.0 Å². The SMILES string of the molecule is CCN(CC)P(=[Se])(N(CC)CC)n1cccc1. The predicted octanol–water partition coefficient (Wildman–Crippen LogP) is 2.87. The topological polar surface area (TPSA) is 11.4 Å². The van der Waals surface area contributed by atoms with Gasteiger partial charge in [-0.15, -0.1) is 0 Å². The van der Waals surface area contributed by atoms with E-state index in [1.807, 2.05) is 0 Å². The summed E-state index contributed by atoms with van der Waals surface area (Å²) in [5.41, 5.74) is 0. The minimum absolute atomic E-state index is 1.08. The summed E-state index contributed by atoms with van der Waals surface area (Å²) in [5, 5.41) is 0. The molecule has 0 radical (unpaired) electrons. The quantitative estimate of drug-likeness (QED) is 0.565. The summed E-state index contributed by atoms with van der Waals surface area (Å²) < 4.78 is 7.48. The Morgan fingerprint density at radius 2 is 1.24 bits per heavy atom. The Bertz CT molecular complexity index is 340. The summed E-state index contributed by atoms with van der Waals surface area (Å²) in [6, 6.07) is 4.22. The van der Waals surface area contributed by atoms with Gasteiger partial charge in [0.25, 0.3) is 0 Å². The average Bonchev–Trinajstić information content (AvgIpc) is 2.86. The molecule has 1 aromatic rings. The fourth-order valence-electron chi connectivity index (χ4n) is 2.15. The van der Waals surface area contributed by atoms with Crippen LogP contribution in [0.1, 0.15) is 27.7 Å². The van der Waals surface area contributed by atoms with Gasteiger partial charge in [-0.3, -0.25) is 0 Å². The molecule has 17 heavy (non-hydrogen) atoms. The van der Waals surface area contributed by atoms with Crippen LogP contribution < -0.4 is 0 Å². The molecular formula is C12H24N3PSe. The predicted molar refractivity (Wildman–Crippen MR) is 78.3 cm³/mol. The van der Waals surface area contributed by atoms with E-state index in [0.717, 1.165) is 26.2 Å². The van der Waals surface area contributed by atoms with Crippen LogP contribution in [0.3, 0.4) is 0 Å². The number of rotatable bonds is 7. The fraction of sp³-hybridized carbons (Fsp3) is 0.667. The fourth-order valence-corrected chi connectivity index (χ4v) is 8.66. The van der Waals surface area contributed by atoms with Crippen LogP contribution in [0.25, 0.3) is 0 Å². The van der Waals surface area contributed by atoms with Crippen molar-refractivity contribution in [1.29, 1.82) is 0 Å². The van der Waals surface area contributed by atoms with E-state index in [1.54, 1.807) is 0 Å². The molecular weight excluding hydrogens is 296 g/mol. The van der Waals surface area contributed by atoms with E-state index >= 15 is 0 Å². The van der Waals surface area contributed by atoms with E-state index in [4.69, 9.17) is 0 Å². The molecule has 0 aliphatic rings. The Morgan fingerprint density at radius 3 is 1.53 bits per heavy atom. The Labute approximate surface area is 113 Å². The molecule has 5 heteroatoms. The first kappa shape index (κ1) is 15.2. The maximum absolute atomic E-state index is 3.52. The molecule has 0 N–H and O–H groups in total. The summed E-state index contributed by atoms with van der Waals surface area (Å²) in [6.45, 7) is 13.3. The summed E-state index contributed by atoms with van der Waals surface area (Å²) in [5.74, 6) is -1.54. The number of aromatic nitrogens is 1. The van der Waals surface area contributed by atoms with Crippen molar-refractivity contribution in [2.75, 3.05) is 26.2 Å². The zero-order valence-electron chi connectivity index (χ0n) is 11.3. The van der Waals surface area contributed by atoms with Crippen molar-refractivity contribution in [3.8, 4) is 0 Å². The molecule has 0 fully saturated rings. The molecule has 0 aromatic carbocycles. The van der Waals surface area contributed by atoms with Crippen LogP contribution in [0.4, 0.5) is 0 Å². The van der Waals surface area contributed by atoms with Crippen molar-refractivity contribution in [2.45, 2.75) is 27.7 Å². The Kier molecular flexibility index (Phi) is 6.19. The monoisotopic (exact) mass is 321 g/mol. The zero-order valence-corrected chi connectivity index (χ0v) is 13.9.